The highest BCUT2D eigenvalue weighted by molar-refractivity contribution is 5.58. The molecule has 0 aliphatic rings. The molecule has 4 heteroatoms. The standard InChI is InChI=1S/C14H18N2O2/c1-10-13(8-9-17)16(2)14(15-10)11-4-6-12(18-3)7-5-11/h4-7,17H,8-9H2,1-3H3. The van der Waals surface area contributed by atoms with Crippen LogP contribution in [0.4, 0.5) is 0 Å². The highest BCUT2D eigenvalue weighted by Gasteiger charge is 2.12. The predicted molar refractivity (Wildman–Crippen MR) is 70.7 cm³/mol. The Kier molecular flexibility index (Phi) is 3.67. The number of methoxy groups -OCH3 is 1. The third-order valence-corrected chi connectivity index (χ3v) is 3.11. The molecule has 1 N–H and O–H groups in total. The molecule has 0 radical (unpaired) electrons. The monoisotopic (exact) mass is 246 g/mol. The van der Waals surface area contributed by atoms with Crippen molar-refractivity contribution in [2.45, 2.75) is 13.3 Å². The van der Waals surface area contributed by atoms with E-state index in [1.54, 1.807) is 7.11 Å². The number of aliphatic hydroxyl groups is 1. The molecule has 96 valence electrons. The second kappa shape index (κ2) is 5.23. The van der Waals surface area contributed by atoms with Crippen LogP contribution < -0.4 is 4.74 Å². The highest BCUT2D eigenvalue weighted by Crippen LogP contribution is 2.23. The maximum Gasteiger partial charge on any atom is 0.140 e. The van der Waals surface area contributed by atoms with Crippen molar-refractivity contribution in [3.05, 3.63) is 35.7 Å². The van der Waals surface area contributed by atoms with E-state index in [1.807, 2.05) is 42.8 Å². The number of ether oxygens (including phenoxy) is 1. The zero-order chi connectivity index (χ0) is 13.1. The Labute approximate surface area is 107 Å². The summed E-state index contributed by atoms with van der Waals surface area (Å²) in [6, 6.07) is 7.82. The van der Waals surface area contributed by atoms with Gasteiger partial charge in [-0.25, -0.2) is 4.98 Å². The largest absolute Gasteiger partial charge is 0.497 e. The average Bonchev–Trinajstić information content (AvgIpc) is 2.67. The van der Waals surface area contributed by atoms with Gasteiger partial charge in [0.1, 0.15) is 11.6 Å². The predicted octanol–water partition coefficient (Wildman–Crippen LogP) is 1.94. The van der Waals surface area contributed by atoms with Gasteiger partial charge >= 0.3 is 0 Å². The Morgan fingerprint density at radius 3 is 2.50 bits per heavy atom. The molecular formula is C14H18N2O2. The molecule has 1 aromatic carbocycles. The first kappa shape index (κ1) is 12.6. The van der Waals surface area contributed by atoms with Gasteiger partial charge in [-0.1, -0.05) is 0 Å². The number of imidazole rings is 1. The van der Waals surface area contributed by atoms with E-state index < -0.39 is 0 Å². The van der Waals surface area contributed by atoms with E-state index in [0.29, 0.717) is 6.42 Å². The number of rotatable bonds is 4. The third kappa shape index (κ3) is 2.24. The lowest BCUT2D eigenvalue weighted by molar-refractivity contribution is 0.296. The smallest absolute Gasteiger partial charge is 0.140 e. The van der Waals surface area contributed by atoms with Crippen LogP contribution in [0.5, 0.6) is 5.75 Å². The summed E-state index contributed by atoms with van der Waals surface area (Å²) in [7, 11) is 3.63. The third-order valence-electron chi connectivity index (χ3n) is 3.11. The van der Waals surface area contributed by atoms with Crippen LogP contribution in [0, 0.1) is 6.92 Å². The number of aromatic nitrogens is 2. The van der Waals surface area contributed by atoms with E-state index in [2.05, 4.69) is 4.98 Å². The minimum absolute atomic E-state index is 0.141. The Morgan fingerprint density at radius 2 is 1.94 bits per heavy atom. The van der Waals surface area contributed by atoms with Gasteiger partial charge in [-0.3, -0.25) is 0 Å². The van der Waals surface area contributed by atoms with Crippen molar-refractivity contribution >= 4 is 0 Å². The number of benzene rings is 1. The molecule has 2 aromatic rings. The Balaban J connectivity index is 2.40. The van der Waals surface area contributed by atoms with Gasteiger partial charge in [-0.15, -0.1) is 0 Å². The summed E-state index contributed by atoms with van der Waals surface area (Å²) in [5.74, 6) is 1.75. The zero-order valence-corrected chi connectivity index (χ0v) is 11.0. The fourth-order valence-electron chi connectivity index (χ4n) is 2.12. The van der Waals surface area contributed by atoms with Crippen LogP contribution in [0.3, 0.4) is 0 Å². The van der Waals surface area contributed by atoms with Crippen LogP contribution in [0.1, 0.15) is 11.4 Å². The number of aliphatic hydroxyl groups excluding tert-OH is 1. The molecule has 0 spiro atoms. The first-order valence-corrected chi connectivity index (χ1v) is 5.95. The first-order chi connectivity index (χ1) is 8.67. The van der Waals surface area contributed by atoms with Crippen LogP contribution in [-0.4, -0.2) is 28.4 Å². The van der Waals surface area contributed by atoms with Gasteiger partial charge in [0, 0.05) is 31.3 Å². The van der Waals surface area contributed by atoms with Crippen molar-refractivity contribution in [3.63, 3.8) is 0 Å². The number of hydrogen-bond donors (Lipinski definition) is 1. The molecule has 0 amide bonds. The van der Waals surface area contributed by atoms with Crippen molar-refractivity contribution < 1.29 is 9.84 Å². The summed E-state index contributed by atoms with van der Waals surface area (Å²) in [6.45, 7) is 2.11. The van der Waals surface area contributed by atoms with Crippen LogP contribution in [0.25, 0.3) is 11.4 Å². The lowest BCUT2D eigenvalue weighted by Crippen LogP contribution is -2.02. The molecule has 0 aliphatic carbocycles. The summed E-state index contributed by atoms with van der Waals surface area (Å²) in [4.78, 5) is 4.57. The summed E-state index contributed by atoms with van der Waals surface area (Å²) in [5, 5.41) is 9.06. The molecule has 0 fully saturated rings. The topological polar surface area (TPSA) is 47.3 Å². The summed E-state index contributed by atoms with van der Waals surface area (Å²) in [5.41, 5.74) is 3.09. The number of hydrogen-bond acceptors (Lipinski definition) is 3. The van der Waals surface area contributed by atoms with Crippen molar-refractivity contribution in [1.29, 1.82) is 0 Å². The SMILES string of the molecule is COc1ccc(-c2nc(C)c(CCO)n2C)cc1. The van der Waals surface area contributed by atoms with Gasteiger partial charge < -0.3 is 14.4 Å². The minimum Gasteiger partial charge on any atom is -0.497 e. The molecule has 0 bridgehead atoms. The molecule has 0 saturated heterocycles. The molecule has 0 unspecified atom stereocenters. The Bertz CT molecular complexity index is 529. The fraction of sp³-hybridized carbons (Fsp3) is 0.357. The van der Waals surface area contributed by atoms with Gasteiger partial charge in [0.2, 0.25) is 0 Å². The maximum atomic E-state index is 9.06. The molecule has 0 aliphatic heterocycles. The van der Waals surface area contributed by atoms with E-state index in [1.165, 1.54) is 0 Å². The van der Waals surface area contributed by atoms with Crippen LogP contribution in [0.2, 0.25) is 0 Å². The lowest BCUT2D eigenvalue weighted by atomic mass is 10.2. The van der Waals surface area contributed by atoms with E-state index in [4.69, 9.17) is 9.84 Å². The average molecular weight is 246 g/mol. The molecule has 18 heavy (non-hydrogen) atoms. The molecule has 1 heterocycles. The minimum atomic E-state index is 0.141. The van der Waals surface area contributed by atoms with E-state index in [-0.39, 0.29) is 6.61 Å². The lowest BCUT2D eigenvalue weighted by Gasteiger charge is -2.06. The molecular weight excluding hydrogens is 228 g/mol. The van der Waals surface area contributed by atoms with Crippen LogP contribution >= 0.6 is 0 Å². The van der Waals surface area contributed by atoms with Gasteiger partial charge in [0.05, 0.1) is 12.8 Å². The van der Waals surface area contributed by atoms with Crippen LogP contribution in [0.15, 0.2) is 24.3 Å². The Hall–Kier alpha value is -1.81. The molecule has 2 rings (SSSR count). The summed E-state index contributed by atoms with van der Waals surface area (Å²) < 4.78 is 7.18. The second-order valence-corrected chi connectivity index (χ2v) is 4.23. The maximum absolute atomic E-state index is 9.06. The van der Waals surface area contributed by atoms with E-state index in [0.717, 1.165) is 28.5 Å². The second-order valence-electron chi connectivity index (χ2n) is 4.23. The number of aryl methyl sites for hydroxylation is 1. The summed E-state index contributed by atoms with van der Waals surface area (Å²) >= 11 is 0. The van der Waals surface area contributed by atoms with E-state index >= 15 is 0 Å². The molecule has 4 nitrogen and oxygen atoms in total. The molecule has 0 saturated carbocycles. The molecule has 1 aromatic heterocycles. The molecule has 0 atom stereocenters. The van der Waals surface area contributed by atoms with Crippen molar-refractivity contribution in [2.24, 2.45) is 7.05 Å². The normalized spacial score (nSPS) is 10.7. The quantitative estimate of drug-likeness (QED) is 0.896. The van der Waals surface area contributed by atoms with Gasteiger partial charge in [-0.05, 0) is 31.2 Å². The first-order valence-electron chi connectivity index (χ1n) is 5.95. The Morgan fingerprint density at radius 1 is 1.28 bits per heavy atom. The highest BCUT2D eigenvalue weighted by atomic mass is 16.5. The summed E-state index contributed by atoms with van der Waals surface area (Å²) in [6.07, 6.45) is 0.630. The van der Waals surface area contributed by atoms with Crippen molar-refractivity contribution in [1.82, 2.24) is 9.55 Å². The fourth-order valence-corrected chi connectivity index (χ4v) is 2.12. The van der Waals surface area contributed by atoms with Gasteiger partial charge in [-0.2, -0.15) is 0 Å². The zero-order valence-electron chi connectivity index (χ0n) is 11.0. The number of nitrogens with zero attached hydrogens (tertiary/aromatic N) is 2. The van der Waals surface area contributed by atoms with Gasteiger partial charge in [0.15, 0.2) is 0 Å². The van der Waals surface area contributed by atoms with Crippen LogP contribution in [-0.2, 0) is 13.5 Å². The van der Waals surface area contributed by atoms with Crippen molar-refractivity contribution in [3.8, 4) is 17.1 Å². The van der Waals surface area contributed by atoms with Crippen molar-refractivity contribution in [2.75, 3.05) is 13.7 Å². The van der Waals surface area contributed by atoms with E-state index in [9.17, 15) is 0 Å². The van der Waals surface area contributed by atoms with Gasteiger partial charge in [0.25, 0.3) is 0 Å².